The van der Waals surface area contributed by atoms with E-state index in [1.807, 2.05) is 60.8 Å². The highest BCUT2D eigenvalue weighted by Crippen LogP contribution is 2.39. The molecule has 1 aliphatic carbocycles. The van der Waals surface area contributed by atoms with Crippen LogP contribution in [0.2, 0.25) is 0 Å². The second-order valence-corrected chi connectivity index (χ2v) is 13.9. The van der Waals surface area contributed by atoms with E-state index in [0.29, 0.717) is 18.0 Å². The lowest BCUT2D eigenvalue weighted by Gasteiger charge is -2.32. The maximum absolute atomic E-state index is 13.6. The van der Waals surface area contributed by atoms with Gasteiger partial charge in [0, 0.05) is 17.5 Å². The van der Waals surface area contributed by atoms with E-state index in [0.717, 1.165) is 65.5 Å². The highest BCUT2D eigenvalue weighted by Gasteiger charge is 2.31. The number of rotatable bonds is 9. The molecule has 0 spiro atoms. The molecule has 12 nitrogen and oxygen atoms in total. The number of aliphatic hydroxyl groups is 1. The summed E-state index contributed by atoms with van der Waals surface area (Å²) in [6.07, 6.45) is 5.48. The van der Waals surface area contributed by atoms with Crippen molar-refractivity contribution in [3.05, 3.63) is 95.6 Å². The summed E-state index contributed by atoms with van der Waals surface area (Å²) in [5.41, 5.74) is 4.22. The number of hydrogen-bond donors (Lipinski definition) is 3. The highest BCUT2D eigenvalue weighted by molar-refractivity contribution is 5.89. The number of ether oxygens (including phenoxy) is 2. The number of benzene rings is 2. The third kappa shape index (κ3) is 6.83. The van der Waals surface area contributed by atoms with Crippen LogP contribution in [-0.2, 0) is 5.41 Å². The minimum absolute atomic E-state index is 0.0808. The fourth-order valence-electron chi connectivity index (χ4n) is 6.82. The summed E-state index contributed by atoms with van der Waals surface area (Å²) in [6.45, 7) is 7.41. The van der Waals surface area contributed by atoms with Crippen LogP contribution in [0.1, 0.15) is 87.3 Å². The van der Waals surface area contributed by atoms with Gasteiger partial charge in [-0.15, -0.1) is 10.2 Å². The zero-order valence-corrected chi connectivity index (χ0v) is 28.5. The number of fused-ring (bicyclic) bond motifs is 2. The number of likely N-dealkylation sites (tertiary alicyclic amines) is 1. The predicted molar refractivity (Wildman–Crippen MR) is 186 cm³/mol. The van der Waals surface area contributed by atoms with Crippen molar-refractivity contribution in [1.82, 2.24) is 34.6 Å². The Morgan fingerprint density at radius 3 is 2.59 bits per heavy atom. The van der Waals surface area contributed by atoms with Crippen LogP contribution in [0.25, 0.3) is 11.3 Å². The van der Waals surface area contributed by atoms with Gasteiger partial charge < -0.3 is 19.9 Å². The molecule has 256 valence electrons. The summed E-state index contributed by atoms with van der Waals surface area (Å²) in [5.74, 6) is 2.85. The Balaban J connectivity index is 1.09. The number of aliphatic hydroxyl groups excluding tert-OH is 1. The lowest BCUT2D eigenvalue weighted by molar-refractivity contribution is 0.171. The van der Waals surface area contributed by atoms with E-state index in [1.165, 1.54) is 0 Å². The van der Waals surface area contributed by atoms with E-state index in [9.17, 15) is 9.90 Å². The van der Waals surface area contributed by atoms with E-state index >= 15 is 0 Å². The molecule has 2 aromatic carbocycles. The summed E-state index contributed by atoms with van der Waals surface area (Å²) in [5, 5.41) is 29.2. The van der Waals surface area contributed by atoms with Gasteiger partial charge in [0.15, 0.2) is 11.5 Å². The second kappa shape index (κ2) is 13.5. The van der Waals surface area contributed by atoms with Crippen LogP contribution in [0.5, 0.6) is 11.5 Å². The van der Waals surface area contributed by atoms with Gasteiger partial charge in [0.05, 0.1) is 36.3 Å². The molecule has 2 aliphatic rings. The molecule has 0 saturated carbocycles. The van der Waals surface area contributed by atoms with Crippen molar-refractivity contribution in [1.29, 1.82) is 0 Å². The standard InChI is InChI=1S/C37H44N8O4/c1-37(2,3)32-22-34(45(42-32)24-9-7-10-25(21-24)48-20-19-46)39-36(47)38-29-15-16-31(28-12-6-5-11-27(28)29)49-26-14-17-33-40-41-35(44(33)23-26)30-13-8-18-43(30)4/h5-7,9-12,14,17,21-23,29-31,46H,8,13,15-16,18-20H2,1-4H3,(H2,38,39,47)/t29-,30-,31+/m0/s1. The van der Waals surface area contributed by atoms with Crippen LogP contribution >= 0.6 is 0 Å². The molecule has 1 aliphatic heterocycles. The number of amides is 2. The van der Waals surface area contributed by atoms with Crippen molar-refractivity contribution in [2.75, 3.05) is 32.1 Å². The third-order valence-electron chi connectivity index (χ3n) is 9.38. The minimum Gasteiger partial charge on any atom is -0.491 e. The Labute approximate surface area is 286 Å². The number of carbonyl (C=O) groups is 1. The molecule has 3 atom stereocenters. The molecular weight excluding hydrogens is 620 g/mol. The van der Waals surface area contributed by atoms with Crippen LogP contribution in [0.3, 0.4) is 0 Å². The average Bonchev–Trinajstić information content (AvgIpc) is 3.83. The van der Waals surface area contributed by atoms with Gasteiger partial charge >= 0.3 is 6.03 Å². The smallest absolute Gasteiger partial charge is 0.320 e. The molecule has 4 heterocycles. The normalized spacial score (nSPS) is 19.5. The van der Waals surface area contributed by atoms with Crippen molar-refractivity contribution < 1.29 is 19.4 Å². The summed E-state index contributed by atoms with van der Waals surface area (Å²) < 4.78 is 16.0. The van der Waals surface area contributed by atoms with Gasteiger partial charge in [0.2, 0.25) is 0 Å². The molecule has 3 N–H and O–H groups in total. The number of hydrogen-bond acceptors (Lipinski definition) is 8. The van der Waals surface area contributed by atoms with Gasteiger partial charge in [-0.1, -0.05) is 51.1 Å². The van der Waals surface area contributed by atoms with Gasteiger partial charge in [-0.05, 0) is 74.7 Å². The van der Waals surface area contributed by atoms with Gasteiger partial charge in [-0.2, -0.15) is 5.10 Å². The van der Waals surface area contributed by atoms with Crippen molar-refractivity contribution >= 4 is 17.5 Å². The Kier molecular flexibility index (Phi) is 9.00. The minimum atomic E-state index is -0.323. The summed E-state index contributed by atoms with van der Waals surface area (Å²) in [4.78, 5) is 15.9. The largest absolute Gasteiger partial charge is 0.491 e. The fourth-order valence-corrected chi connectivity index (χ4v) is 6.82. The van der Waals surface area contributed by atoms with Gasteiger partial charge in [0.1, 0.15) is 30.0 Å². The number of nitrogens with one attached hydrogen (secondary N) is 2. The molecule has 7 rings (SSSR count). The van der Waals surface area contributed by atoms with E-state index in [4.69, 9.17) is 14.6 Å². The number of anilines is 1. The molecule has 1 saturated heterocycles. The Bertz CT molecular complexity index is 1950. The zero-order chi connectivity index (χ0) is 34.1. The Hall–Kier alpha value is -4.94. The van der Waals surface area contributed by atoms with E-state index in [2.05, 4.69) is 70.1 Å². The molecule has 3 aromatic heterocycles. The van der Waals surface area contributed by atoms with Crippen molar-refractivity contribution in [3.63, 3.8) is 0 Å². The van der Waals surface area contributed by atoms with Crippen LogP contribution in [0.4, 0.5) is 10.6 Å². The maximum Gasteiger partial charge on any atom is 0.320 e. The molecular formula is C37H44N8O4. The molecule has 0 unspecified atom stereocenters. The Morgan fingerprint density at radius 1 is 0.980 bits per heavy atom. The number of urea groups is 1. The van der Waals surface area contributed by atoms with E-state index in [-0.39, 0.29) is 42.8 Å². The Morgan fingerprint density at radius 2 is 1.82 bits per heavy atom. The summed E-state index contributed by atoms with van der Waals surface area (Å²) >= 11 is 0. The lowest BCUT2D eigenvalue weighted by Crippen LogP contribution is -2.36. The number of aromatic nitrogens is 5. The van der Waals surface area contributed by atoms with Crippen LogP contribution in [0.15, 0.2) is 72.9 Å². The first-order valence-electron chi connectivity index (χ1n) is 17.0. The van der Waals surface area contributed by atoms with Gasteiger partial charge in [-0.3, -0.25) is 14.6 Å². The number of pyridine rings is 1. The first-order chi connectivity index (χ1) is 23.7. The van der Waals surface area contributed by atoms with Crippen molar-refractivity contribution in [2.45, 2.75) is 70.1 Å². The van der Waals surface area contributed by atoms with E-state index in [1.54, 1.807) is 4.68 Å². The van der Waals surface area contributed by atoms with Gasteiger partial charge in [0.25, 0.3) is 0 Å². The van der Waals surface area contributed by atoms with Crippen LogP contribution in [0, 0.1) is 0 Å². The predicted octanol–water partition coefficient (Wildman–Crippen LogP) is 6.13. The SMILES string of the molecule is CN1CCC[C@H]1c1nnc2ccc(O[C@@H]3CC[C@H](NC(=O)Nc4cc(C(C)(C)C)nn4-c4cccc(OCCO)c4)c4ccccc43)cn12. The highest BCUT2D eigenvalue weighted by atomic mass is 16.5. The van der Waals surface area contributed by atoms with Crippen molar-refractivity contribution in [2.24, 2.45) is 0 Å². The first kappa shape index (κ1) is 32.6. The first-order valence-corrected chi connectivity index (χ1v) is 17.0. The van der Waals surface area contributed by atoms with Crippen LogP contribution < -0.4 is 20.1 Å². The molecule has 1 fully saturated rings. The molecule has 12 heteroatoms. The van der Waals surface area contributed by atoms with Crippen molar-refractivity contribution in [3.8, 4) is 17.2 Å². The average molecular weight is 665 g/mol. The monoisotopic (exact) mass is 664 g/mol. The number of nitrogens with zero attached hydrogens (tertiary/aromatic N) is 6. The fraction of sp³-hybridized carbons (Fsp3) is 0.405. The molecule has 2 amide bonds. The maximum atomic E-state index is 13.6. The second-order valence-electron chi connectivity index (χ2n) is 13.9. The zero-order valence-electron chi connectivity index (χ0n) is 28.5. The summed E-state index contributed by atoms with van der Waals surface area (Å²) in [7, 11) is 2.14. The van der Waals surface area contributed by atoms with Gasteiger partial charge in [-0.25, -0.2) is 9.48 Å². The quantitative estimate of drug-likeness (QED) is 0.172. The molecule has 5 aromatic rings. The van der Waals surface area contributed by atoms with Crippen LogP contribution in [-0.4, -0.2) is 67.2 Å². The topological polar surface area (TPSA) is 131 Å². The number of carbonyl (C=O) groups excluding carboxylic acids is 1. The summed E-state index contributed by atoms with van der Waals surface area (Å²) in [6, 6.07) is 21.1. The van der Waals surface area contributed by atoms with E-state index < -0.39 is 0 Å². The molecule has 49 heavy (non-hydrogen) atoms. The third-order valence-corrected chi connectivity index (χ3v) is 9.38. The molecule has 0 radical (unpaired) electrons. The molecule has 0 bridgehead atoms. The lowest BCUT2D eigenvalue weighted by atomic mass is 9.85.